The van der Waals surface area contributed by atoms with Crippen molar-refractivity contribution in [3.05, 3.63) is 23.9 Å². The third kappa shape index (κ3) is 4.87. The minimum Gasteiger partial charge on any atom is -0.389 e. The van der Waals surface area contributed by atoms with Crippen LogP contribution < -0.4 is 10.2 Å². The van der Waals surface area contributed by atoms with Crippen molar-refractivity contribution in [2.45, 2.75) is 26.9 Å². The number of nitrogens with zero attached hydrogens (tertiary/aromatic N) is 2. The summed E-state index contributed by atoms with van der Waals surface area (Å²) in [5.41, 5.74) is 0.724. The average Bonchev–Trinajstić information content (AvgIpc) is 2.36. The van der Waals surface area contributed by atoms with Gasteiger partial charge in [-0.3, -0.25) is 4.79 Å². The van der Waals surface area contributed by atoms with Gasteiger partial charge in [0, 0.05) is 25.4 Å². The Morgan fingerprint density at radius 3 is 2.74 bits per heavy atom. The Labute approximate surface area is 114 Å². The van der Waals surface area contributed by atoms with Gasteiger partial charge in [-0.2, -0.15) is 0 Å². The molecule has 0 spiro atoms. The van der Waals surface area contributed by atoms with Crippen molar-refractivity contribution < 1.29 is 9.90 Å². The first-order valence-electron chi connectivity index (χ1n) is 6.52. The van der Waals surface area contributed by atoms with E-state index < -0.39 is 6.10 Å². The molecule has 0 saturated carbocycles. The van der Waals surface area contributed by atoms with Gasteiger partial charge in [-0.05, 0) is 18.9 Å². The lowest BCUT2D eigenvalue weighted by Gasteiger charge is -2.21. The molecule has 0 fully saturated rings. The molecule has 1 amide bonds. The maximum Gasteiger partial charge on any atom is 0.239 e. The number of carbonyl (C=O) groups is 1. The molecule has 1 atom stereocenters. The molecule has 0 bridgehead atoms. The van der Waals surface area contributed by atoms with Crippen molar-refractivity contribution in [2.24, 2.45) is 5.92 Å². The smallest absolute Gasteiger partial charge is 0.239 e. The topological polar surface area (TPSA) is 65.5 Å². The van der Waals surface area contributed by atoms with Crippen LogP contribution in [-0.2, 0) is 4.79 Å². The standard InChI is InChI=1S/C14H23N3O2/c1-10(2)8-16-13(19)9-17(4)14-12(11(3)18)6-5-7-15-14/h5-7,10-11,18H,8-9H2,1-4H3,(H,16,19). The quantitative estimate of drug-likeness (QED) is 0.814. The number of hydrogen-bond donors (Lipinski definition) is 2. The van der Waals surface area contributed by atoms with E-state index in [0.717, 1.165) is 5.56 Å². The number of rotatable bonds is 6. The van der Waals surface area contributed by atoms with Crippen LogP contribution in [0.25, 0.3) is 0 Å². The molecule has 5 heteroatoms. The van der Waals surface area contributed by atoms with Crippen LogP contribution in [0.2, 0.25) is 0 Å². The first-order chi connectivity index (χ1) is 8.91. The molecule has 0 aromatic carbocycles. The Bertz CT molecular complexity index is 419. The van der Waals surface area contributed by atoms with Gasteiger partial charge in [-0.15, -0.1) is 0 Å². The van der Waals surface area contributed by atoms with Gasteiger partial charge >= 0.3 is 0 Å². The zero-order valence-electron chi connectivity index (χ0n) is 12.1. The second-order valence-corrected chi connectivity index (χ2v) is 5.15. The second kappa shape index (κ2) is 7.09. The molecule has 1 heterocycles. The van der Waals surface area contributed by atoms with E-state index >= 15 is 0 Å². The number of amides is 1. The largest absolute Gasteiger partial charge is 0.389 e. The van der Waals surface area contributed by atoms with Gasteiger partial charge in [-0.1, -0.05) is 19.9 Å². The van der Waals surface area contributed by atoms with Crippen LogP contribution in [-0.4, -0.2) is 36.1 Å². The van der Waals surface area contributed by atoms with Crippen molar-refractivity contribution in [3.8, 4) is 0 Å². The normalized spacial score (nSPS) is 12.3. The van der Waals surface area contributed by atoms with Crippen LogP contribution in [0.1, 0.15) is 32.4 Å². The first-order valence-corrected chi connectivity index (χ1v) is 6.52. The van der Waals surface area contributed by atoms with Crippen LogP contribution in [0.4, 0.5) is 5.82 Å². The lowest BCUT2D eigenvalue weighted by Crippen LogP contribution is -2.37. The number of aliphatic hydroxyl groups is 1. The number of aromatic nitrogens is 1. The van der Waals surface area contributed by atoms with Crippen molar-refractivity contribution in [1.29, 1.82) is 0 Å². The Morgan fingerprint density at radius 2 is 2.16 bits per heavy atom. The minimum atomic E-state index is -0.607. The summed E-state index contributed by atoms with van der Waals surface area (Å²) in [6.07, 6.45) is 1.05. The Morgan fingerprint density at radius 1 is 1.47 bits per heavy atom. The second-order valence-electron chi connectivity index (χ2n) is 5.15. The third-order valence-electron chi connectivity index (χ3n) is 2.72. The summed E-state index contributed by atoms with van der Waals surface area (Å²) < 4.78 is 0. The summed E-state index contributed by atoms with van der Waals surface area (Å²) >= 11 is 0. The highest BCUT2D eigenvalue weighted by Gasteiger charge is 2.14. The molecule has 0 aliphatic rings. The van der Waals surface area contributed by atoms with Gasteiger partial charge in [0.2, 0.25) is 5.91 Å². The average molecular weight is 265 g/mol. The molecule has 2 N–H and O–H groups in total. The number of pyridine rings is 1. The van der Waals surface area contributed by atoms with Gasteiger partial charge in [0.25, 0.3) is 0 Å². The summed E-state index contributed by atoms with van der Waals surface area (Å²) in [5.74, 6) is 1.02. The summed E-state index contributed by atoms with van der Waals surface area (Å²) in [6, 6.07) is 3.59. The van der Waals surface area contributed by atoms with Crippen molar-refractivity contribution in [1.82, 2.24) is 10.3 Å². The van der Waals surface area contributed by atoms with Gasteiger partial charge < -0.3 is 15.3 Å². The first kappa shape index (κ1) is 15.4. The maximum absolute atomic E-state index is 11.8. The molecule has 0 saturated heterocycles. The predicted octanol–water partition coefficient (Wildman–Crippen LogP) is 1.34. The fourth-order valence-corrected chi connectivity index (χ4v) is 1.72. The van der Waals surface area contributed by atoms with E-state index in [1.165, 1.54) is 0 Å². The number of likely N-dealkylation sites (N-methyl/N-ethyl adjacent to an activating group) is 1. The highest BCUT2D eigenvalue weighted by Crippen LogP contribution is 2.22. The minimum absolute atomic E-state index is 0.0432. The molecule has 5 nitrogen and oxygen atoms in total. The van der Waals surface area contributed by atoms with Crippen molar-refractivity contribution >= 4 is 11.7 Å². The molecule has 19 heavy (non-hydrogen) atoms. The lowest BCUT2D eigenvalue weighted by atomic mass is 10.1. The molecule has 0 aliphatic carbocycles. The van der Waals surface area contributed by atoms with E-state index in [9.17, 15) is 9.90 Å². The van der Waals surface area contributed by atoms with Crippen molar-refractivity contribution in [3.63, 3.8) is 0 Å². The fourth-order valence-electron chi connectivity index (χ4n) is 1.72. The molecule has 106 valence electrons. The molecule has 1 aromatic rings. The Kier molecular flexibility index (Phi) is 5.76. The number of aliphatic hydroxyl groups excluding tert-OH is 1. The molecule has 0 aliphatic heterocycles. The highest BCUT2D eigenvalue weighted by atomic mass is 16.3. The zero-order chi connectivity index (χ0) is 14.4. The third-order valence-corrected chi connectivity index (χ3v) is 2.72. The predicted molar refractivity (Wildman–Crippen MR) is 76.0 cm³/mol. The SMILES string of the molecule is CC(C)CNC(=O)CN(C)c1ncccc1C(C)O. The number of nitrogens with one attached hydrogen (secondary N) is 1. The van der Waals surface area contributed by atoms with Crippen molar-refractivity contribution in [2.75, 3.05) is 25.0 Å². The van der Waals surface area contributed by atoms with Crippen LogP contribution >= 0.6 is 0 Å². The number of hydrogen-bond acceptors (Lipinski definition) is 4. The highest BCUT2D eigenvalue weighted by molar-refractivity contribution is 5.81. The van der Waals surface area contributed by atoms with E-state index in [0.29, 0.717) is 18.3 Å². The summed E-state index contributed by atoms with van der Waals surface area (Å²) in [5, 5.41) is 12.6. The van der Waals surface area contributed by atoms with Gasteiger partial charge in [0.1, 0.15) is 5.82 Å². The maximum atomic E-state index is 11.8. The van der Waals surface area contributed by atoms with E-state index in [4.69, 9.17) is 0 Å². The number of anilines is 1. The fraction of sp³-hybridized carbons (Fsp3) is 0.571. The zero-order valence-corrected chi connectivity index (χ0v) is 12.1. The Hall–Kier alpha value is -1.62. The lowest BCUT2D eigenvalue weighted by molar-refractivity contribution is -0.119. The monoisotopic (exact) mass is 265 g/mol. The molecule has 1 unspecified atom stereocenters. The van der Waals surface area contributed by atoms with Gasteiger partial charge in [-0.25, -0.2) is 4.98 Å². The molecule has 1 aromatic heterocycles. The Balaban J connectivity index is 2.68. The van der Waals surface area contributed by atoms with Crippen LogP contribution in [0.3, 0.4) is 0 Å². The molecular weight excluding hydrogens is 242 g/mol. The molecular formula is C14H23N3O2. The van der Waals surface area contributed by atoms with Gasteiger partial charge in [0.15, 0.2) is 0 Å². The van der Waals surface area contributed by atoms with Crippen LogP contribution in [0, 0.1) is 5.92 Å². The summed E-state index contributed by atoms with van der Waals surface area (Å²) in [4.78, 5) is 17.8. The number of carbonyl (C=O) groups excluding carboxylic acids is 1. The van der Waals surface area contributed by atoms with E-state index in [2.05, 4.69) is 10.3 Å². The molecule has 0 radical (unpaired) electrons. The van der Waals surface area contributed by atoms with E-state index in [-0.39, 0.29) is 12.5 Å². The molecule has 1 rings (SSSR count). The summed E-state index contributed by atoms with van der Waals surface area (Å²) in [7, 11) is 1.79. The van der Waals surface area contributed by atoms with Gasteiger partial charge in [0.05, 0.1) is 12.6 Å². The van der Waals surface area contributed by atoms with Crippen LogP contribution in [0.5, 0.6) is 0 Å². The van der Waals surface area contributed by atoms with Crippen LogP contribution in [0.15, 0.2) is 18.3 Å². The summed E-state index contributed by atoms with van der Waals surface area (Å²) in [6.45, 7) is 6.68. The van der Waals surface area contributed by atoms with E-state index in [1.54, 1.807) is 31.1 Å². The van der Waals surface area contributed by atoms with E-state index in [1.807, 2.05) is 19.9 Å².